The first kappa shape index (κ1) is 14.7. The average molecular weight is 288 g/mol. The summed E-state index contributed by atoms with van der Waals surface area (Å²) in [6.45, 7) is 1.89. The Morgan fingerprint density at radius 2 is 2.19 bits per heavy atom. The van der Waals surface area contributed by atoms with Gasteiger partial charge in [-0.3, -0.25) is 19.6 Å². The van der Waals surface area contributed by atoms with Crippen molar-refractivity contribution >= 4 is 17.2 Å². The lowest BCUT2D eigenvalue weighted by molar-refractivity contribution is -0.385. The van der Waals surface area contributed by atoms with Crippen LogP contribution in [0.5, 0.6) is 0 Å². The number of rotatable bonds is 5. The molecule has 0 amide bonds. The minimum absolute atomic E-state index is 0.124. The van der Waals surface area contributed by atoms with Crippen molar-refractivity contribution in [2.75, 3.05) is 11.9 Å². The summed E-state index contributed by atoms with van der Waals surface area (Å²) in [6.07, 6.45) is 3.63. The Morgan fingerprint density at radius 3 is 2.71 bits per heavy atom. The van der Waals surface area contributed by atoms with Crippen molar-refractivity contribution in [3.63, 3.8) is 0 Å². The first-order valence-electron chi connectivity index (χ1n) is 6.36. The lowest BCUT2D eigenvalue weighted by Crippen LogP contribution is -2.16. The van der Waals surface area contributed by atoms with Gasteiger partial charge in [0.05, 0.1) is 16.7 Å². The third-order valence-electron chi connectivity index (χ3n) is 3.18. The molecule has 0 fully saturated rings. The van der Waals surface area contributed by atoms with Crippen molar-refractivity contribution < 1.29 is 9.72 Å². The molecule has 0 aliphatic heterocycles. The van der Waals surface area contributed by atoms with Crippen molar-refractivity contribution in [3.05, 3.63) is 51.8 Å². The number of hydrogen-bond donors (Lipinski definition) is 0. The summed E-state index contributed by atoms with van der Waals surface area (Å²) in [4.78, 5) is 23.8. The van der Waals surface area contributed by atoms with Gasteiger partial charge in [0, 0.05) is 44.2 Å². The molecule has 0 unspecified atom stereocenters. The second-order valence-corrected chi connectivity index (χ2v) is 4.89. The summed E-state index contributed by atoms with van der Waals surface area (Å²) >= 11 is 0. The van der Waals surface area contributed by atoms with Gasteiger partial charge in [0.2, 0.25) is 0 Å². The Kier molecular flexibility index (Phi) is 4.02. The van der Waals surface area contributed by atoms with Crippen molar-refractivity contribution in [3.8, 4) is 0 Å². The molecule has 0 N–H and O–H groups in total. The summed E-state index contributed by atoms with van der Waals surface area (Å²) in [5, 5.41) is 15.2. The molecule has 0 bridgehead atoms. The Morgan fingerprint density at radius 1 is 1.48 bits per heavy atom. The van der Waals surface area contributed by atoms with Crippen LogP contribution >= 0.6 is 0 Å². The lowest BCUT2D eigenvalue weighted by Gasteiger charge is -2.18. The molecule has 2 aromatic rings. The molecular formula is C14H16N4O3. The van der Waals surface area contributed by atoms with Crippen molar-refractivity contribution in [1.82, 2.24) is 9.78 Å². The molecule has 0 aliphatic carbocycles. The molecule has 0 spiro atoms. The van der Waals surface area contributed by atoms with Gasteiger partial charge in [0.25, 0.3) is 5.69 Å². The molecule has 7 heteroatoms. The summed E-state index contributed by atoms with van der Waals surface area (Å²) in [6, 6.07) is 4.63. The molecule has 1 aromatic heterocycles. The number of carbonyl (C=O) groups excluding carboxylic acids is 1. The molecule has 0 atom stereocenters. The Bertz CT molecular complexity index is 693. The summed E-state index contributed by atoms with van der Waals surface area (Å²) in [5.74, 6) is -0.317. The van der Waals surface area contributed by atoms with Gasteiger partial charge in [0.15, 0.2) is 5.78 Å². The van der Waals surface area contributed by atoms with Crippen molar-refractivity contribution in [2.45, 2.75) is 13.5 Å². The van der Waals surface area contributed by atoms with Crippen LogP contribution in [0.25, 0.3) is 0 Å². The van der Waals surface area contributed by atoms with Crippen LogP contribution in [0.2, 0.25) is 0 Å². The highest BCUT2D eigenvalue weighted by atomic mass is 16.6. The van der Waals surface area contributed by atoms with Gasteiger partial charge in [0.1, 0.15) is 0 Å². The van der Waals surface area contributed by atoms with E-state index in [1.54, 1.807) is 16.9 Å². The topological polar surface area (TPSA) is 81.3 Å². The summed E-state index contributed by atoms with van der Waals surface area (Å²) in [5.41, 5.74) is 1.63. The minimum Gasteiger partial charge on any atom is -0.370 e. The van der Waals surface area contributed by atoms with E-state index in [0.29, 0.717) is 12.2 Å². The maximum Gasteiger partial charge on any atom is 0.282 e. The number of aryl methyl sites for hydroxylation is 1. The van der Waals surface area contributed by atoms with E-state index in [0.717, 1.165) is 5.56 Å². The standard InChI is InChI=1S/C14H16N4O3/c1-10(19)13-5-4-12(6-14(13)18(20)21)16(2)8-11-7-15-17(3)9-11/h4-7,9H,8H2,1-3H3. The molecule has 2 rings (SSSR count). The van der Waals surface area contributed by atoms with Crippen LogP contribution in [0.4, 0.5) is 11.4 Å². The molecule has 0 aliphatic rings. The maximum atomic E-state index is 11.4. The fraction of sp³-hybridized carbons (Fsp3) is 0.286. The smallest absolute Gasteiger partial charge is 0.282 e. The molecule has 0 saturated heterocycles. The number of anilines is 1. The van der Waals surface area contributed by atoms with Crippen LogP contribution in [0.1, 0.15) is 22.8 Å². The lowest BCUT2D eigenvalue weighted by atomic mass is 10.1. The fourth-order valence-corrected chi connectivity index (χ4v) is 2.12. The predicted molar refractivity (Wildman–Crippen MR) is 78.4 cm³/mol. The molecule has 7 nitrogen and oxygen atoms in total. The van der Waals surface area contributed by atoms with Crippen molar-refractivity contribution in [1.29, 1.82) is 0 Å². The number of aromatic nitrogens is 2. The van der Waals surface area contributed by atoms with Gasteiger partial charge < -0.3 is 4.90 Å². The largest absolute Gasteiger partial charge is 0.370 e. The van der Waals surface area contributed by atoms with E-state index < -0.39 is 4.92 Å². The molecule has 0 saturated carbocycles. The fourth-order valence-electron chi connectivity index (χ4n) is 2.12. The second-order valence-electron chi connectivity index (χ2n) is 4.89. The third-order valence-corrected chi connectivity index (χ3v) is 3.18. The van der Waals surface area contributed by atoms with E-state index in [1.807, 2.05) is 25.2 Å². The zero-order chi connectivity index (χ0) is 15.6. The number of nitrogens with zero attached hydrogens (tertiary/aromatic N) is 4. The van der Waals surface area contributed by atoms with Crippen molar-refractivity contribution in [2.24, 2.45) is 7.05 Å². The normalized spacial score (nSPS) is 10.4. The second kappa shape index (κ2) is 5.74. The first-order chi connectivity index (χ1) is 9.88. The quantitative estimate of drug-likeness (QED) is 0.478. The van der Waals surface area contributed by atoms with E-state index in [2.05, 4.69) is 5.10 Å². The van der Waals surface area contributed by atoms with Crippen LogP contribution in [0.15, 0.2) is 30.6 Å². The number of hydrogen-bond acceptors (Lipinski definition) is 5. The predicted octanol–water partition coefficient (Wildman–Crippen LogP) is 2.17. The van der Waals surface area contributed by atoms with E-state index in [9.17, 15) is 14.9 Å². The monoisotopic (exact) mass is 288 g/mol. The highest BCUT2D eigenvalue weighted by Crippen LogP contribution is 2.26. The van der Waals surface area contributed by atoms with Crippen LogP contribution < -0.4 is 4.90 Å². The van der Waals surface area contributed by atoms with Crippen LogP contribution in [0.3, 0.4) is 0 Å². The number of carbonyl (C=O) groups is 1. The van der Waals surface area contributed by atoms with Gasteiger partial charge in [-0.2, -0.15) is 5.10 Å². The number of ketones is 1. The van der Waals surface area contributed by atoms with Gasteiger partial charge in [-0.1, -0.05) is 0 Å². The van der Waals surface area contributed by atoms with Gasteiger partial charge >= 0.3 is 0 Å². The van der Waals surface area contributed by atoms with E-state index in [4.69, 9.17) is 0 Å². The average Bonchev–Trinajstić information content (AvgIpc) is 2.83. The van der Waals surface area contributed by atoms with E-state index in [1.165, 1.54) is 19.1 Å². The van der Waals surface area contributed by atoms with E-state index >= 15 is 0 Å². The highest BCUT2D eigenvalue weighted by molar-refractivity contribution is 5.98. The number of Topliss-reactive ketones (excluding diaryl/α,β-unsaturated/α-hetero) is 1. The molecule has 0 radical (unpaired) electrons. The zero-order valence-electron chi connectivity index (χ0n) is 12.1. The van der Waals surface area contributed by atoms with Crippen LogP contribution in [0, 0.1) is 10.1 Å². The Hall–Kier alpha value is -2.70. The summed E-state index contributed by atoms with van der Waals surface area (Å²) < 4.78 is 1.70. The molecule has 110 valence electrons. The Balaban J connectivity index is 2.29. The van der Waals surface area contributed by atoms with Crippen LogP contribution in [-0.4, -0.2) is 27.5 Å². The Labute approximate surface area is 121 Å². The maximum absolute atomic E-state index is 11.4. The number of nitro groups is 1. The number of nitro benzene ring substituents is 1. The SMILES string of the molecule is CC(=O)c1ccc(N(C)Cc2cnn(C)c2)cc1[N+](=O)[O-]. The third kappa shape index (κ3) is 3.25. The molecule has 21 heavy (non-hydrogen) atoms. The molecule has 1 heterocycles. The highest BCUT2D eigenvalue weighted by Gasteiger charge is 2.19. The molecule has 1 aromatic carbocycles. The van der Waals surface area contributed by atoms with Gasteiger partial charge in [-0.25, -0.2) is 0 Å². The minimum atomic E-state index is -0.530. The van der Waals surface area contributed by atoms with Crippen LogP contribution in [-0.2, 0) is 13.6 Å². The molecular weight excluding hydrogens is 272 g/mol. The first-order valence-corrected chi connectivity index (χ1v) is 6.36. The summed E-state index contributed by atoms with van der Waals surface area (Å²) in [7, 11) is 3.66. The van der Waals surface area contributed by atoms with Gasteiger partial charge in [-0.15, -0.1) is 0 Å². The zero-order valence-corrected chi connectivity index (χ0v) is 12.1. The van der Waals surface area contributed by atoms with Gasteiger partial charge in [-0.05, 0) is 19.1 Å². The van der Waals surface area contributed by atoms with E-state index in [-0.39, 0.29) is 17.0 Å². The number of benzene rings is 1.